The second kappa shape index (κ2) is 4.77. The van der Waals surface area contributed by atoms with Gasteiger partial charge in [0, 0.05) is 13.1 Å². The van der Waals surface area contributed by atoms with Crippen LogP contribution in [0.3, 0.4) is 0 Å². The molecule has 2 aliphatic rings. The molecule has 0 aromatic carbocycles. The summed E-state index contributed by atoms with van der Waals surface area (Å²) < 4.78 is 1.99. The molecule has 0 bridgehead atoms. The SMILES string of the molecule is Cn1cnnc1CNC1CCCC(C2CC2)C1. The first-order chi connectivity index (χ1) is 8.33. The van der Waals surface area contributed by atoms with Crippen LogP contribution in [0.1, 0.15) is 44.3 Å². The molecule has 2 saturated carbocycles. The van der Waals surface area contributed by atoms with Gasteiger partial charge in [-0.05, 0) is 37.5 Å². The van der Waals surface area contributed by atoms with Gasteiger partial charge in [0.05, 0.1) is 6.54 Å². The number of rotatable bonds is 4. The first-order valence-corrected chi connectivity index (χ1v) is 6.89. The molecule has 0 saturated heterocycles. The van der Waals surface area contributed by atoms with Gasteiger partial charge in [-0.15, -0.1) is 10.2 Å². The second-order valence-electron chi connectivity index (χ2n) is 5.70. The van der Waals surface area contributed by atoms with Crippen molar-refractivity contribution in [3.63, 3.8) is 0 Å². The Kier molecular flexibility index (Phi) is 3.14. The maximum Gasteiger partial charge on any atom is 0.146 e. The van der Waals surface area contributed by atoms with Gasteiger partial charge in [-0.2, -0.15) is 0 Å². The topological polar surface area (TPSA) is 42.7 Å². The van der Waals surface area contributed by atoms with Gasteiger partial charge < -0.3 is 9.88 Å². The fourth-order valence-corrected chi connectivity index (χ4v) is 3.11. The van der Waals surface area contributed by atoms with Crippen molar-refractivity contribution in [2.45, 2.75) is 51.1 Å². The van der Waals surface area contributed by atoms with E-state index in [1.165, 1.54) is 38.5 Å². The Labute approximate surface area is 103 Å². The first kappa shape index (κ1) is 11.2. The van der Waals surface area contributed by atoms with Crippen LogP contribution in [0.4, 0.5) is 0 Å². The molecule has 1 aromatic heterocycles. The zero-order valence-corrected chi connectivity index (χ0v) is 10.6. The van der Waals surface area contributed by atoms with Gasteiger partial charge in [0.2, 0.25) is 0 Å². The third kappa shape index (κ3) is 2.68. The van der Waals surface area contributed by atoms with Gasteiger partial charge in [-0.1, -0.05) is 12.8 Å². The fraction of sp³-hybridized carbons (Fsp3) is 0.846. The molecule has 1 N–H and O–H groups in total. The lowest BCUT2D eigenvalue weighted by atomic mass is 9.83. The molecular formula is C13H22N4. The normalized spacial score (nSPS) is 29.5. The molecule has 2 unspecified atom stereocenters. The standard InChI is InChI=1S/C13H22N4/c1-17-9-15-16-13(17)8-14-12-4-2-3-11(7-12)10-5-6-10/h9-12,14H,2-8H2,1H3. The Morgan fingerprint density at radius 3 is 2.88 bits per heavy atom. The molecule has 0 radical (unpaired) electrons. The van der Waals surface area contributed by atoms with Crippen molar-refractivity contribution < 1.29 is 0 Å². The third-order valence-corrected chi connectivity index (χ3v) is 4.36. The zero-order valence-electron chi connectivity index (χ0n) is 10.6. The number of aromatic nitrogens is 3. The monoisotopic (exact) mass is 234 g/mol. The van der Waals surface area contributed by atoms with E-state index in [0.29, 0.717) is 6.04 Å². The lowest BCUT2D eigenvalue weighted by Gasteiger charge is -2.29. The van der Waals surface area contributed by atoms with Crippen molar-refractivity contribution in [1.29, 1.82) is 0 Å². The number of hydrogen-bond donors (Lipinski definition) is 1. The Hall–Kier alpha value is -0.900. The molecule has 1 heterocycles. The minimum Gasteiger partial charge on any atom is -0.320 e. The van der Waals surface area contributed by atoms with Gasteiger partial charge in [0.1, 0.15) is 12.2 Å². The Balaban J connectivity index is 1.49. The van der Waals surface area contributed by atoms with Gasteiger partial charge in [-0.3, -0.25) is 0 Å². The molecule has 2 fully saturated rings. The van der Waals surface area contributed by atoms with Gasteiger partial charge >= 0.3 is 0 Å². The van der Waals surface area contributed by atoms with Crippen LogP contribution >= 0.6 is 0 Å². The lowest BCUT2D eigenvalue weighted by Crippen LogP contribution is -2.34. The van der Waals surface area contributed by atoms with Crippen LogP contribution in [-0.4, -0.2) is 20.8 Å². The van der Waals surface area contributed by atoms with E-state index in [1.54, 1.807) is 6.33 Å². The summed E-state index contributed by atoms with van der Waals surface area (Å²) in [6.07, 6.45) is 10.3. The molecule has 0 spiro atoms. The van der Waals surface area contributed by atoms with E-state index in [9.17, 15) is 0 Å². The van der Waals surface area contributed by atoms with Crippen LogP contribution in [0.15, 0.2) is 6.33 Å². The molecule has 0 amide bonds. The molecule has 1 aromatic rings. The van der Waals surface area contributed by atoms with Crippen molar-refractivity contribution in [1.82, 2.24) is 20.1 Å². The largest absolute Gasteiger partial charge is 0.320 e. The van der Waals surface area contributed by atoms with Gasteiger partial charge in [0.15, 0.2) is 0 Å². The highest BCUT2D eigenvalue weighted by Crippen LogP contribution is 2.43. The molecule has 2 atom stereocenters. The van der Waals surface area contributed by atoms with Crippen LogP contribution in [0, 0.1) is 11.8 Å². The molecule has 17 heavy (non-hydrogen) atoms. The van der Waals surface area contributed by atoms with Crippen LogP contribution < -0.4 is 5.32 Å². The quantitative estimate of drug-likeness (QED) is 0.865. The second-order valence-corrected chi connectivity index (χ2v) is 5.70. The average Bonchev–Trinajstić information content (AvgIpc) is 3.12. The average molecular weight is 234 g/mol. The number of nitrogens with zero attached hydrogens (tertiary/aromatic N) is 3. The maximum atomic E-state index is 4.12. The van der Waals surface area contributed by atoms with E-state index in [0.717, 1.165) is 24.2 Å². The predicted molar refractivity (Wildman–Crippen MR) is 66.3 cm³/mol. The molecule has 94 valence electrons. The minimum absolute atomic E-state index is 0.700. The van der Waals surface area contributed by atoms with Crippen LogP contribution in [0.25, 0.3) is 0 Å². The first-order valence-electron chi connectivity index (χ1n) is 6.89. The number of aryl methyl sites for hydroxylation is 1. The van der Waals surface area contributed by atoms with Crippen LogP contribution in [-0.2, 0) is 13.6 Å². The summed E-state index contributed by atoms with van der Waals surface area (Å²) >= 11 is 0. The molecule has 3 rings (SSSR count). The summed E-state index contributed by atoms with van der Waals surface area (Å²) in [4.78, 5) is 0. The van der Waals surface area contributed by atoms with Gasteiger partial charge in [0.25, 0.3) is 0 Å². The predicted octanol–water partition coefficient (Wildman–Crippen LogP) is 1.87. The smallest absolute Gasteiger partial charge is 0.146 e. The van der Waals surface area contributed by atoms with Gasteiger partial charge in [-0.25, -0.2) is 0 Å². The van der Waals surface area contributed by atoms with E-state index < -0.39 is 0 Å². The van der Waals surface area contributed by atoms with Crippen molar-refractivity contribution in [2.75, 3.05) is 0 Å². The zero-order chi connectivity index (χ0) is 11.7. The highest BCUT2D eigenvalue weighted by atomic mass is 15.3. The highest BCUT2D eigenvalue weighted by Gasteiger charge is 2.34. The maximum absolute atomic E-state index is 4.12. The third-order valence-electron chi connectivity index (χ3n) is 4.36. The van der Waals surface area contributed by atoms with E-state index in [2.05, 4.69) is 15.5 Å². The van der Waals surface area contributed by atoms with Crippen molar-refractivity contribution >= 4 is 0 Å². The summed E-state index contributed by atoms with van der Waals surface area (Å²) in [6, 6.07) is 0.700. The molecule has 4 nitrogen and oxygen atoms in total. The van der Waals surface area contributed by atoms with Crippen LogP contribution in [0.2, 0.25) is 0 Å². The van der Waals surface area contributed by atoms with E-state index in [1.807, 2.05) is 11.6 Å². The molecule has 2 aliphatic carbocycles. The van der Waals surface area contributed by atoms with Crippen molar-refractivity contribution in [2.24, 2.45) is 18.9 Å². The Morgan fingerprint density at radius 1 is 1.29 bits per heavy atom. The fourth-order valence-electron chi connectivity index (χ4n) is 3.11. The van der Waals surface area contributed by atoms with Crippen LogP contribution in [0.5, 0.6) is 0 Å². The Bertz CT molecular complexity index is 369. The van der Waals surface area contributed by atoms with E-state index in [4.69, 9.17) is 0 Å². The summed E-state index contributed by atoms with van der Waals surface area (Å²) in [5.74, 6) is 3.11. The number of nitrogens with one attached hydrogen (secondary N) is 1. The van der Waals surface area contributed by atoms with Crippen molar-refractivity contribution in [3.05, 3.63) is 12.2 Å². The highest BCUT2D eigenvalue weighted by molar-refractivity contribution is 4.90. The molecule has 0 aliphatic heterocycles. The molecular weight excluding hydrogens is 212 g/mol. The van der Waals surface area contributed by atoms with E-state index >= 15 is 0 Å². The number of hydrogen-bond acceptors (Lipinski definition) is 3. The Morgan fingerprint density at radius 2 is 2.18 bits per heavy atom. The van der Waals surface area contributed by atoms with E-state index in [-0.39, 0.29) is 0 Å². The minimum atomic E-state index is 0.700. The summed E-state index contributed by atoms with van der Waals surface area (Å²) in [7, 11) is 2.00. The summed E-state index contributed by atoms with van der Waals surface area (Å²) in [5.41, 5.74) is 0. The lowest BCUT2D eigenvalue weighted by molar-refractivity contribution is 0.258. The molecule has 4 heteroatoms. The van der Waals surface area contributed by atoms with Crippen molar-refractivity contribution in [3.8, 4) is 0 Å². The summed E-state index contributed by atoms with van der Waals surface area (Å²) in [6.45, 7) is 0.860. The summed E-state index contributed by atoms with van der Waals surface area (Å²) in [5, 5.41) is 11.7.